The minimum absolute atomic E-state index is 0. The minimum Gasteiger partial charge on any atom is -0.337 e. The highest BCUT2D eigenvalue weighted by Crippen LogP contribution is 2.01. The summed E-state index contributed by atoms with van der Waals surface area (Å²) in [5, 5.41) is 0. The van der Waals surface area contributed by atoms with Gasteiger partial charge in [0.05, 0.1) is 6.33 Å². The first-order chi connectivity index (χ1) is 6.45. The van der Waals surface area contributed by atoms with Crippen LogP contribution >= 0.6 is 12.4 Å². The van der Waals surface area contributed by atoms with Crippen molar-refractivity contribution in [3.05, 3.63) is 54.6 Å². The third-order valence-corrected chi connectivity index (χ3v) is 2.06. The molecule has 0 aliphatic rings. The van der Waals surface area contributed by atoms with Crippen LogP contribution in [0.5, 0.6) is 0 Å². The average molecular weight is 209 g/mol. The molecule has 0 saturated heterocycles. The Kier molecular flexibility index (Phi) is 4.20. The van der Waals surface area contributed by atoms with Gasteiger partial charge in [0.1, 0.15) is 0 Å². The monoisotopic (exact) mass is 208 g/mol. The van der Waals surface area contributed by atoms with E-state index < -0.39 is 0 Å². The van der Waals surface area contributed by atoms with Gasteiger partial charge in [-0.05, 0) is 12.0 Å². The number of halogens is 1. The van der Waals surface area contributed by atoms with Crippen molar-refractivity contribution in [1.29, 1.82) is 0 Å². The van der Waals surface area contributed by atoms with Crippen molar-refractivity contribution in [3.8, 4) is 0 Å². The lowest BCUT2D eigenvalue weighted by Gasteiger charge is -2.01. The van der Waals surface area contributed by atoms with E-state index in [4.69, 9.17) is 0 Å². The SMILES string of the molecule is Cl.c1ccc(CCn2ccnc2)cc1. The standard InChI is InChI=1S/C11H12N2.ClH/c1-2-4-11(5-3-1)6-8-13-9-7-12-10-13;/h1-5,7,9-10H,6,8H2;1H. The molecule has 1 heterocycles. The van der Waals surface area contributed by atoms with Gasteiger partial charge in [0.15, 0.2) is 0 Å². The van der Waals surface area contributed by atoms with E-state index in [1.165, 1.54) is 5.56 Å². The van der Waals surface area contributed by atoms with Crippen LogP contribution in [0.2, 0.25) is 0 Å². The van der Waals surface area contributed by atoms with Gasteiger partial charge in [-0.1, -0.05) is 30.3 Å². The summed E-state index contributed by atoms with van der Waals surface area (Å²) in [7, 11) is 0. The van der Waals surface area contributed by atoms with Gasteiger partial charge in [0.2, 0.25) is 0 Å². The van der Waals surface area contributed by atoms with Crippen molar-refractivity contribution >= 4 is 12.4 Å². The molecule has 0 atom stereocenters. The topological polar surface area (TPSA) is 17.8 Å². The maximum atomic E-state index is 4.00. The summed E-state index contributed by atoms with van der Waals surface area (Å²) in [6.07, 6.45) is 6.72. The highest BCUT2D eigenvalue weighted by Gasteiger charge is 1.92. The average Bonchev–Trinajstić information content (AvgIpc) is 2.69. The first kappa shape index (κ1) is 10.8. The van der Waals surface area contributed by atoms with E-state index in [2.05, 4.69) is 33.8 Å². The van der Waals surface area contributed by atoms with Crippen LogP contribution in [0.3, 0.4) is 0 Å². The largest absolute Gasteiger partial charge is 0.337 e. The Balaban J connectivity index is 0.000000980. The third-order valence-electron chi connectivity index (χ3n) is 2.06. The normalized spacial score (nSPS) is 9.43. The molecule has 2 nitrogen and oxygen atoms in total. The van der Waals surface area contributed by atoms with Crippen molar-refractivity contribution in [2.45, 2.75) is 13.0 Å². The molecule has 0 aliphatic carbocycles. The van der Waals surface area contributed by atoms with Gasteiger partial charge in [0.25, 0.3) is 0 Å². The van der Waals surface area contributed by atoms with Crippen LogP contribution in [-0.2, 0) is 13.0 Å². The Labute approximate surface area is 90.0 Å². The molecule has 3 heteroatoms. The summed E-state index contributed by atoms with van der Waals surface area (Å²) >= 11 is 0. The van der Waals surface area contributed by atoms with Crippen LogP contribution < -0.4 is 0 Å². The minimum atomic E-state index is 0. The van der Waals surface area contributed by atoms with Crippen molar-refractivity contribution in [2.24, 2.45) is 0 Å². The summed E-state index contributed by atoms with van der Waals surface area (Å²) in [6, 6.07) is 10.5. The second kappa shape index (κ2) is 5.45. The molecule has 0 bridgehead atoms. The fraction of sp³-hybridized carbons (Fsp3) is 0.182. The Morgan fingerprint density at radius 3 is 2.57 bits per heavy atom. The molecular formula is C11H13ClN2. The number of hydrogen-bond donors (Lipinski definition) is 0. The molecule has 0 radical (unpaired) electrons. The second-order valence-electron chi connectivity index (χ2n) is 3.04. The first-order valence-electron chi connectivity index (χ1n) is 4.45. The van der Waals surface area contributed by atoms with Gasteiger partial charge in [-0.3, -0.25) is 0 Å². The number of rotatable bonds is 3. The number of aromatic nitrogens is 2. The molecule has 0 N–H and O–H groups in total. The second-order valence-corrected chi connectivity index (χ2v) is 3.04. The molecule has 1 aromatic carbocycles. The smallest absolute Gasteiger partial charge is 0.0946 e. The zero-order valence-corrected chi connectivity index (χ0v) is 8.65. The predicted molar refractivity (Wildman–Crippen MR) is 59.6 cm³/mol. The lowest BCUT2D eigenvalue weighted by Crippen LogP contribution is -1.97. The third kappa shape index (κ3) is 2.89. The van der Waals surface area contributed by atoms with E-state index in [-0.39, 0.29) is 12.4 Å². The van der Waals surface area contributed by atoms with E-state index in [0.29, 0.717) is 0 Å². The Morgan fingerprint density at radius 1 is 1.14 bits per heavy atom. The highest BCUT2D eigenvalue weighted by molar-refractivity contribution is 5.85. The summed E-state index contributed by atoms with van der Waals surface area (Å²) in [4.78, 5) is 4.00. The summed E-state index contributed by atoms with van der Waals surface area (Å²) < 4.78 is 2.09. The molecule has 0 amide bonds. The zero-order valence-electron chi connectivity index (χ0n) is 7.84. The Morgan fingerprint density at radius 2 is 1.93 bits per heavy atom. The van der Waals surface area contributed by atoms with E-state index >= 15 is 0 Å². The molecule has 0 spiro atoms. The van der Waals surface area contributed by atoms with Gasteiger partial charge in [-0.15, -0.1) is 12.4 Å². The molecule has 14 heavy (non-hydrogen) atoms. The predicted octanol–water partition coefficient (Wildman–Crippen LogP) is 2.55. The van der Waals surface area contributed by atoms with E-state index in [1.807, 2.05) is 24.8 Å². The van der Waals surface area contributed by atoms with Crippen LogP contribution in [0.25, 0.3) is 0 Å². The lowest BCUT2D eigenvalue weighted by molar-refractivity contribution is 0.696. The van der Waals surface area contributed by atoms with Gasteiger partial charge < -0.3 is 4.57 Å². The number of aryl methyl sites for hydroxylation is 2. The molecule has 0 saturated carbocycles. The van der Waals surface area contributed by atoms with Crippen molar-refractivity contribution in [1.82, 2.24) is 9.55 Å². The van der Waals surface area contributed by atoms with Gasteiger partial charge in [-0.2, -0.15) is 0 Å². The van der Waals surface area contributed by atoms with Gasteiger partial charge >= 0.3 is 0 Å². The number of imidazole rings is 1. The lowest BCUT2D eigenvalue weighted by atomic mass is 10.1. The molecule has 0 fully saturated rings. The molecule has 2 aromatic rings. The summed E-state index contributed by atoms with van der Waals surface area (Å²) in [5.41, 5.74) is 1.37. The van der Waals surface area contributed by atoms with Crippen molar-refractivity contribution in [3.63, 3.8) is 0 Å². The van der Waals surface area contributed by atoms with E-state index in [9.17, 15) is 0 Å². The van der Waals surface area contributed by atoms with Crippen LogP contribution in [0.1, 0.15) is 5.56 Å². The number of hydrogen-bond acceptors (Lipinski definition) is 1. The fourth-order valence-corrected chi connectivity index (χ4v) is 1.32. The quantitative estimate of drug-likeness (QED) is 0.758. The zero-order chi connectivity index (χ0) is 8.93. The maximum Gasteiger partial charge on any atom is 0.0946 e. The Hall–Kier alpha value is -1.28. The fourth-order valence-electron chi connectivity index (χ4n) is 1.32. The molecule has 0 unspecified atom stereocenters. The first-order valence-corrected chi connectivity index (χ1v) is 4.45. The van der Waals surface area contributed by atoms with Crippen molar-refractivity contribution in [2.75, 3.05) is 0 Å². The van der Waals surface area contributed by atoms with Crippen LogP contribution in [0, 0.1) is 0 Å². The van der Waals surface area contributed by atoms with Crippen LogP contribution in [0.15, 0.2) is 49.1 Å². The molecule has 1 aromatic heterocycles. The molecule has 0 aliphatic heterocycles. The molecule has 74 valence electrons. The summed E-state index contributed by atoms with van der Waals surface area (Å²) in [6.45, 7) is 1.00. The number of nitrogens with zero attached hydrogens (tertiary/aromatic N) is 2. The number of benzene rings is 1. The van der Waals surface area contributed by atoms with Crippen LogP contribution in [0.4, 0.5) is 0 Å². The maximum absolute atomic E-state index is 4.00. The van der Waals surface area contributed by atoms with Gasteiger partial charge in [0, 0.05) is 18.9 Å². The van der Waals surface area contributed by atoms with E-state index in [0.717, 1.165) is 13.0 Å². The Bertz CT molecular complexity index is 343. The highest BCUT2D eigenvalue weighted by atomic mass is 35.5. The van der Waals surface area contributed by atoms with Gasteiger partial charge in [-0.25, -0.2) is 4.98 Å². The van der Waals surface area contributed by atoms with Crippen LogP contribution in [-0.4, -0.2) is 9.55 Å². The molecule has 2 rings (SSSR count). The van der Waals surface area contributed by atoms with Crippen molar-refractivity contribution < 1.29 is 0 Å². The summed E-state index contributed by atoms with van der Waals surface area (Å²) in [5.74, 6) is 0. The molecular weight excluding hydrogens is 196 g/mol. The van der Waals surface area contributed by atoms with E-state index in [1.54, 1.807) is 0 Å².